The van der Waals surface area contributed by atoms with Crippen LogP contribution in [-0.2, 0) is 45.7 Å². The number of amides is 1. The van der Waals surface area contributed by atoms with Gasteiger partial charge in [0.25, 0.3) is 11.1 Å². The quantitative estimate of drug-likeness (QED) is 0.0116. The van der Waals surface area contributed by atoms with Gasteiger partial charge in [-0.15, -0.1) is 23.2 Å². The number of carbonyl (C=O) groups excluding carboxylic acids is 2. The van der Waals surface area contributed by atoms with Crippen LogP contribution in [0.25, 0.3) is 22.3 Å². The van der Waals surface area contributed by atoms with Crippen molar-refractivity contribution in [1.29, 1.82) is 5.26 Å². The van der Waals surface area contributed by atoms with Crippen molar-refractivity contribution in [1.82, 2.24) is 58.9 Å². The van der Waals surface area contributed by atoms with Gasteiger partial charge in [-0.3, -0.25) is 23.7 Å². The van der Waals surface area contributed by atoms with Crippen LogP contribution < -0.4 is 28.3 Å². The van der Waals surface area contributed by atoms with E-state index in [9.17, 15) is 24.0 Å². The smallest absolute Gasteiger partial charge is 0.349 e. The number of oxime groups is 2. The minimum atomic E-state index is -0.646. The first-order valence-electron chi connectivity index (χ1n) is 42.0. The van der Waals surface area contributed by atoms with Gasteiger partial charge in [0.2, 0.25) is 17.7 Å². The number of aryl methyl sites for hydroxylation is 2. The number of carboxylic acid groups (broad SMARTS) is 1. The Balaban J connectivity index is 0.000000125. The molecular formula is C95H102Cl2N18O10. The number of aliphatic carboxylic acids is 1. The maximum absolute atomic E-state index is 12.6. The molecule has 7 saturated carbocycles. The number of aromatic nitrogens is 12. The number of hydrogen-bond donors (Lipinski definition) is 6. The van der Waals surface area contributed by atoms with Gasteiger partial charge in [-0.2, -0.15) is 15.2 Å². The molecule has 7 aromatic carbocycles. The Labute approximate surface area is 733 Å². The predicted octanol–water partition coefficient (Wildman–Crippen LogP) is 16.1. The zero-order valence-electron chi connectivity index (χ0n) is 69.5. The second kappa shape index (κ2) is 43.7. The number of rotatable bonds is 18. The van der Waals surface area contributed by atoms with Gasteiger partial charge in [0.15, 0.2) is 34.0 Å². The molecule has 6 heterocycles. The van der Waals surface area contributed by atoms with Crippen molar-refractivity contribution in [3.05, 3.63) is 321 Å². The summed E-state index contributed by atoms with van der Waals surface area (Å²) in [6.07, 6.45) is 19.7. The van der Waals surface area contributed by atoms with Gasteiger partial charge in [0.1, 0.15) is 36.3 Å². The Bertz CT molecular complexity index is 5770. The number of amidine groups is 2. The van der Waals surface area contributed by atoms with Crippen molar-refractivity contribution < 1.29 is 38.6 Å². The molecule has 7 aliphatic rings. The molecule has 6 aromatic heterocycles. The van der Waals surface area contributed by atoms with E-state index in [-0.39, 0.29) is 53.1 Å². The fourth-order valence-corrected chi connectivity index (χ4v) is 16.5. The third-order valence-electron chi connectivity index (χ3n) is 24.4. The van der Waals surface area contributed by atoms with Crippen LogP contribution in [0.4, 0.5) is 0 Å². The van der Waals surface area contributed by atoms with E-state index >= 15 is 0 Å². The molecule has 13 aromatic rings. The summed E-state index contributed by atoms with van der Waals surface area (Å²) in [5, 5.41) is 40.5. The number of H-pyrrole nitrogens is 1. The molecule has 7 fully saturated rings. The molecular weight excluding hydrogens is 1620 g/mol. The van der Waals surface area contributed by atoms with Crippen LogP contribution >= 0.6 is 23.2 Å². The van der Waals surface area contributed by atoms with Crippen LogP contribution in [0, 0.1) is 40.9 Å². The van der Waals surface area contributed by atoms with E-state index in [0.29, 0.717) is 111 Å². The third-order valence-corrected chi connectivity index (χ3v) is 24.9. The Morgan fingerprint density at radius 3 is 1.20 bits per heavy atom. The maximum Gasteiger partial charge on any atom is 0.349 e. The molecule has 28 nitrogen and oxygen atoms in total. The number of fused-ring (bicyclic) bond motifs is 2. The van der Waals surface area contributed by atoms with Gasteiger partial charge in [-0.1, -0.05) is 233 Å². The summed E-state index contributed by atoms with van der Waals surface area (Å²) in [6, 6.07) is 74.9. The number of nitriles is 1. The van der Waals surface area contributed by atoms with Crippen LogP contribution in [-0.4, -0.2) is 105 Å². The monoisotopic (exact) mass is 1720 g/mol. The number of alkyl halides is 2. The summed E-state index contributed by atoms with van der Waals surface area (Å²) >= 11 is 10.9. The molecule has 7 aliphatic carbocycles. The molecule has 646 valence electrons. The minimum absolute atomic E-state index is 0.106. The number of nitrogens with two attached hydrogens (primary N) is 3. The second-order valence-electron chi connectivity index (χ2n) is 32.6. The number of hydrogen-bond acceptors (Lipinski definition) is 20. The van der Waals surface area contributed by atoms with E-state index in [1.54, 1.807) is 35.9 Å². The Hall–Kier alpha value is -13.3. The number of nitrogens with zero attached hydrogens (tertiary/aromatic N) is 14. The third kappa shape index (κ3) is 23.8. The molecule has 1 amide bonds. The summed E-state index contributed by atoms with van der Waals surface area (Å²) in [7, 11) is 3.53. The molecule has 0 bridgehead atoms. The van der Waals surface area contributed by atoms with Crippen molar-refractivity contribution in [2.75, 3.05) is 5.88 Å². The number of carbonyl (C=O) groups is 3. The maximum atomic E-state index is 12.6. The first kappa shape index (κ1) is 89.5. The van der Waals surface area contributed by atoms with Crippen molar-refractivity contribution in [2.45, 2.75) is 156 Å². The number of benzene rings is 7. The normalized spacial score (nSPS) is 22.8. The molecule has 125 heavy (non-hydrogen) atoms. The van der Waals surface area contributed by atoms with E-state index in [1.165, 1.54) is 56.2 Å². The van der Waals surface area contributed by atoms with E-state index in [4.69, 9.17) is 65.0 Å². The van der Waals surface area contributed by atoms with Crippen LogP contribution in [0.5, 0.6) is 0 Å². The highest BCUT2D eigenvalue weighted by Crippen LogP contribution is 2.49. The number of primary amides is 1. The molecule has 0 saturated heterocycles. The zero-order chi connectivity index (χ0) is 87.7. The number of carboxylic acids is 1. The number of nitrogens with one attached hydrogen (secondary N) is 1. The van der Waals surface area contributed by atoms with Crippen molar-refractivity contribution >= 4 is 75.0 Å². The Morgan fingerprint density at radius 2 is 0.832 bits per heavy atom. The minimum Gasteiger partial charge on any atom is -0.481 e. The van der Waals surface area contributed by atoms with Crippen LogP contribution in [0.3, 0.4) is 0 Å². The average molecular weight is 1730 g/mol. The SMILES string of the molecule is ClCc1nc(C2CC(c3ccccc3)C2)no1.Cn1cnc2nc[nH]c(=O)c21.Cn1cnc2ncn(Cc3nc(C4CC(c5ccccc5)C4)no3)c(=O)c21.N#CC1CC(c2ccccc2)C1.N/C(=N\O)C1CC(c2ccccc2)C1.N/C(=N\OC(=O)CCl)C1CC(c2ccccc2)C1.NC(=O)C1CC(c2ccccc2)C1.O=C(O)C1CC(c2ccccc2)C1. The van der Waals surface area contributed by atoms with Gasteiger partial charge in [-0.05, 0) is 170 Å². The van der Waals surface area contributed by atoms with Gasteiger partial charge >= 0.3 is 11.9 Å². The van der Waals surface area contributed by atoms with Crippen LogP contribution in [0.2, 0.25) is 0 Å². The highest BCUT2D eigenvalue weighted by atomic mass is 35.5. The first-order chi connectivity index (χ1) is 60.8. The number of halogens is 2. The molecule has 0 atom stereocenters. The lowest BCUT2D eigenvalue weighted by Crippen LogP contribution is -2.34. The van der Waals surface area contributed by atoms with Crippen molar-refractivity contribution in [3.8, 4) is 6.07 Å². The molecule has 0 radical (unpaired) electrons. The predicted molar refractivity (Wildman–Crippen MR) is 475 cm³/mol. The van der Waals surface area contributed by atoms with Crippen LogP contribution in [0.1, 0.15) is 206 Å². The summed E-state index contributed by atoms with van der Waals surface area (Å²) in [5.74, 6) is 7.42. The average Bonchev–Trinajstić information content (AvgIpc) is 1.52. The summed E-state index contributed by atoms with van der Waals surface area (Å²) in [4.78, 5) is 87.7. The lowest BCUT2D eigenvalue weighted by atomic mass is 9.71. The molecule has 0 spiro atoms. The standard InChI is InChI=1S/C19H18N6O2.C13H15ClN2O2.C13H13ClN2O.C11H14N2O.C11H13NO.C11H11N.C11H12O2.C6H6N4O/c1-24-10-20-18-16(24)19(26)25(11-21-18)9-15-22-17(23-27-15)14-7-13(8-14)12-5-3-2-4-6-12;14-8-12(17)18-16-13(15)11-6-10(7-11)9-4-2-1-3-5-9;14-8-12-15-13(16-17-12)11-6-10(7-11)9-4-2-1-3-5-9;12-11(13-14)10-6-9(7-10)8-4-2-1-3-5-8;12-11(13)10-6-9(7-10)8-4-2-1-3-5-8;12-8-9-6-11(7-9)10-4-2-1-3-5-10;12-11(13)10-6-9(7-10)8-4-2-1-3-5-8;1-10-3-9-5-4(10)6(11)8-2-7-5/h2-6,10-11,13-14H,7-9H2,1H3;1-5,10-11H,6-8H2,(H2,15,16);1-5,10-11H,6-8H2;1-5,9-10,14H,6-7H2,(H2,12,13);1-5,9-10H,6-7H2,(H2,12,13);1-5,9,11H,6-7H2;1-5,9-10H,6-7H2,(H,12,13);2-3H,1H3,(H,7,8,11). The lowest BCUT2D eigenvalue weighted by Gasteiger charge is -2.34. The van der Waals surface area contributed by atoms with Gasteiger partial charge in [0.05, 0.1) is 31.0 Å². The number of aromatic amines is 1. The van der Waals surface area contributed by atoms with E-state index < -0.39 is 11.9 Å². The van der Waals surface area contributed by atoms with E-state index in [2.05, 4.69) is 188 Å². The first-order valence-corrected chi connectivity index (χ1v) is 43.1. The molecule has 9 N–H and O–H groups in total. The Kier molecular flexibility index (Phi) is 31.3. The summed E-state index contributed by atoms with van der Waals surface area (Å²) < 4.78 is 15.2. The second-order valence-corrected chi connectivity index (χ2v) is 33.2. The highest BCUT2D eigenvalue weighted by Gasteiger charge is 2.39. The largest absolute Gasteiger partial charge is 0.481 e. The van der Waals surface area contributed by atoms with E-state index in [1.807, 2.05) is 91.0 Å². The van der Waals surface area contributed by atoms with Gasteiger partial charge < -0.3 is 55.5 Å². The molecule has 20 rings (SSSR count). The fraction of sp³-hybridized carbons (Fsp3) is 0.347. The molecule has 30 heteroatoms. The summed E-state index contributed by atoms with van der Waals surface area (Å²) in [6.45, 7) is 0.203. The summed E-state index contributed by atoms with van der Waals surface area (Å²) in [5.41, 5.74) is 27.5. The van der Waals surface area contributed by atoms with Crippen LogP contribution in [0.15, 0.2) is 267 Å². The van der Waals surface area contributed by atoms with E-state index in [0.717, 1.165) is 102 Å². The van der Waals surface area contributed by atoms with Gasteiger partial charge in [0, 0.05) is 49.6 Å². The van der Waals surface area contributed by atoms with Gasteiger partial charge in [-0.25, -0.2) is 24.7 Å². The lowest BCUT2D eigenvalue weighted by molar-refractivity contribution is -0.145. The number of imidazole rings is 2. The highest BCUT2D eigenvalue weighted by molar-refractivity contribution is 6.26. The van der Waals surface area contributed by atoms with Crippen molar-refractivity contribution in [3.63, 3.8) is 0 Å². The topological polar surface area (TPSA) is 422 Å². The molecule has 0 aliphatic heterocycles. The fourth-order valence-electron chi connectivity index (χ4n) is 16.3. The van der Waals surface area contributed by atoms with Crippen molar-refractivity contribution in [2.24, 2.45) is 71.2 Å². The zero-order valence-corrected chi connectivity index (χ0v) is 71.0. The Morgan fingerprint density at radius 1 is 0.480 bits per heavy atom. The molecule has 0 unspecified atom stereocenters.